The third kappa shape index (κ3) is 2.84. The van der Waals surface area contributed by atoms with Crippen LogP contribution in [-0.2, 0) is 0 Å². The monoisotopic (exact) mass is 275 g/mol. The van der Waals surface area contributed by atoms with Gasteiger partial charge in [-0.3, -0.25) is 4.79 Å². The first kappa shape index (κ1) is 14.6. The summed E-state index contributed by atoms with van der Waals surface area (Å²) in [5.74, 6) is -0.765. The van der Waals surface area contributed by atoms with E-state index < -0.39 is 5.97 Å². The molecule has 1 unspecified atom stereocenters. The zero-order valence-corrected chi connectivity index (χ0v) is 12.2. The van der Waals surface area contributed by atoms with E-state index in [0.717, 1.165) is 6.42 Å². The smallest absolute Gasteiger partial charge is 0.336 e. The molecule has 1 N–H and O–H groups in total. The van der Waals surface area contributed by atoms with Crippen molar-refractivity contribution in [2.75, 3.05) is 13.1 Å². The summed E-state index contributed by atoms with van der Waals surface area (Å²) in [6.07, 6.45) is 0.977. The molecule has 1 atom stereocenters. The van der Waals surface area contributed by atoms with E-state index >= 15 is 0 Å². The molecule has 0 saturated carbocycles. The quantitative estimate of drug-likeness (QED) is 0.903. The van der Waals surface area contributed by atoms with E-state index in [4.69, 9.17) is 5.11 Å². The molecule has 4 nitrogen and oxygen atoms in total. The maximum absolute atomic E-state index is 12.5. The van der Waals surface area contributed by atoms with E-state index in [1.807, 2.05) is 0 Å². The van der Waals surface area contributed by atoms with Gasteiger partial charge in [0.25, 0.3) is 5.91 Å². The fourth-order valence-corrected chi connectivity index (χ4v) is 2.68. The van der Waals surface area contributed by atoms with Crippen LogP contribution in [0, 0.1) is 11.3 Å². The molecule has 1 heterocycles. The van der Waals surface area contributed by atoms with Crippen molar-refractivity contribution in [2.24, 2.45) is 11.3 Å². The van der Waals surface area contributed by atoms with Crippen LogP contribution >= 0.6 is 0 Å². The summed E-state index contributed by atoms with van der Waals surface area (Å²) in [7, 11) is 0. The number of hydrogen-bond donors (Lipinski definition) is 1. The van der Waals surface area contributed by atoms with Crippen molar-refractivity contribution in [3.8, 4) is 0 Å². The number of nitrogens with zero attached hydrogens (tertiary/aromatic N) is 1. The zero-order valence-electron chi connectivity index (χ0n) is 12.2. The predicted octanol–water partition coefficient (Wildman–Crippen LogP) is 2.89. The molecule has 1 amide bonds. The third-order valence-corrected chi connectivity index (χ3v) is 4.09. The van der Waals surface area contributed by atoms with E-state index in [2.05, 4.69) is 20.8 Å². The molecule has 20 heavy (non-hydrogen) atoms. The minimum atomic E-state index is -1.06. The van der Waals surface area contributed by atoms with Crippen molar-refractivity contribution in [1.29, 1.82) is 0 Å². The van der Waals surface area contributed by atoms with Crippen molar-refractivity contribution in [1.82, 2.24) is 4.90 Å². The number of carboxylic acid groups (broad SMARTS) is 1. The number of amides is 1. The van der Waals surface area contributed by atoms with Gasteiger partial charge in [0.2, 0.25) is 0 Å². The number of benzene rings is 1. The summed E-state index contributed by atoms with van der Waals surface area (Å²) in [6, 6.07) is 6.42. The number of carbonyl (C=O) groups is 2. The van der Waals surface area contributed by atoms with Crippen LogP contribution in [-0.4, -0.2) is 35.0 Å². The third-order valence-electron chi connectivity index (χ3n) is 4.09. The van der Waals surface area contributed by atoms with Gasteiger partial charge in [-0.25, -0.2) is 4.79 Å². The lowest BCUT2D eigenvalue weighted by molar-refractivity contribution is 0.0679. The Morgan fingerprint density at radius 3 is 2.30 bits per heavy atom. The standard InChI is InChI=1S/C16H21NO3/c1-16(2,3)11-8-9-17(10-11)14(18)12-6-4-5-7-13(12)15(19)20/h4-7,11H,8-10H2,1-3H3,(H,19,20). The molecule has 1 aliphatic rings. The van der Waals surface area contributed by atoms with Crippen LogP contribution in [0.2, 0.25) is 0 Å². The average molecular weight is 275 g/mol. The Morgan fingerprint density at radius 1 is 1.20 bits per heavy atom. The van der Waals surface area contributed by atoms with Crippen molar-refractivity contribution < 1.29 is 14.7 Å². The van der Waals surface area contributed by atoms with Gasteiger partial charge in [0.05, 0.1) is 11.1 Å². The van der Waals surface area contributed by atoms with Crippen LogP contribution < -0.4 is 0 Å². The second kappa shape index (κ2) is 5.27. The normalized spacial score (nSPS) is 19.1. The number of rotatable bonds is 2. The first-order valence-electron chi connectivity index (χ1n) is 6.92. The number of aromatic carboxylic acids is 1. The van der Waals surface area contributed by atoms with Crippen LogP contribution in [0.3, 0.4) is 0 Å². The fraction of sp³-hybridized carbons (Fsp3) is 0.500. The molecule has 1 aliphatic heterocycles. The Kier molecular flexibility index (Phi) is 3.84. The largest absolute Gasteiger partial charge is 0.478 e. The molecule has 0 aliphatic carbocycles. The highest BCUT2D eigenvalue weighted by Gasteiger charge is 2.34. The highest BCUT2D eigenvalue weighted by atomic mass is 16.4. The number of carbonyl (C=O) groups excluding carboxylic acids is 1. The van der Waals surface area contributed by atoms with Crippen molar-refractivity contribution in [3.05, 3.63) is 35.4 Å². The van der Waals surface area contributed by atoms with Gasteiger partial charge in [-0.15, -0.1) is 0 Å². The maximum Gasteiger partial charge on any atom is 0.336 e. The van der Waals surface area contributed by atoms with Gasteiger partial charge >= 0.3 is 5.97 Å². The molecule has 1 fully saturated rings. The minimum Gasteiger partial charge on any atom is -0.478 e. The Labute approximate surface area is 119 Å². The SMILES string of the molecule is CC(C)(C)C1CCN(C(=O)c2ccccc2C(=O)O)C1. The lowest BCUT2D eigenvalue weighted by atomic mass is 9.80. The van der Waals surface area contributed by atoms with Gasteiger partial charge in [0.1, 0.15) is 0 Å². The molecule has 1 saturated heterocycles. The molecule has 1 aromatic carbocycles. The number of hydrogen-bond acceptors (Lipinski definition) is 2. The molecule has 1 aromatic rings. The molecule has 0 spiro atoms. The van der Waals surface area contributed by atoms with Crippen molar-refractivity contribution in [3.63, 3.8) is 0 Å². The lowest BCUT2D eigenvalue weighted by Gasteiger charge is -2.27. The van der Waals surface area contributed by atoms with Crippen LogP contribution in [0.15, 0.2) is 24.3 Å². The topological polar surface area (TPSA) is 57.6 Å². The zero-order chi connectivity index (χ0) is 14.9. The highest BCUT2D eigenvalue weighted by molar-refractivity contribution is 6.04. The summed E-state index contributed by atoms with van der Waals surface area (Å²) in [4.78, 5) is 25.5. The summed E-state index contributed by atoms with van der Waals surface area (Å²) in [6.45, 7) is 7.94. The first-order chi connectivity index (χ1) is 9.30. The van der Waals surface area contributed by atoms with Crippen molar-refractivity contribution >= 4 is 11.9 Å². The summed E-state index contributed by atoms with van der Waals surface area (Å²) >= 11 is 0. The Morgan fingerprint density at radius 2 is 1.80 bits per heavy atom. The molecular formula is C16H21NO3. The van der Waals surface area contributed by atoms with E-state index in [9.17, 15) is 9.59 Å². The van der Waals surface area contributed by atoms with E-state index in [1.165, 1.54) is 6.07 Å². The maximum atomic E-state index is 12.5. The number of likely N-dealkylation sites (tertiary alicyclic amines) is 1. The molecule has 2 rings (SSSR count). The Bertz CT molecular complexity index is 531. The molecule has 108 valence electrons. The van der Waals surface area contributed by atoms with Crippen LogP contribution in [0.4, 0.5) is 0 Å². The molecule has 0 aromatic heterocycles. The van der Waals surface area contributed by atoms with Gasteiger partial charge in [-0.1, -0.05) is 32.9 Å². The Hall–Kier alpha value is -1.84. The summed E-state index contributed by atoms with van der Waals surface area (Å²) < 4.78 is 0. The van der Waals surface area contributed by atoms with Gasteiger partial charge in [0, 0.05) is 13.1 Å². The lowest BCUT2D eigenvalue weighted by Crippen LogP contribution is -2.32. The molecule has 0 bridgehead atoms. The number of carboxylic acids is 1. The van der Waals surface area contributed by atoms with Crippen LogP contribution in [0.1, 0.15) is 47.9 Å². The van der Waals surface area contributed by atoms with E-state index in [-0.39, 0.29) is 22.4 Å². The van der Waals surface area contributed by atoms with Crippen LogP contribution in [0.5, 0.6) is 0 Å². The van der Waals surface area contributed by atoms with E-state index in [0.29, 0.717) is 19.0 Å². The van der Waals surface area contributed by atoms with Gasteiger partial charge in [0.15, 0.2) is 0 Å². The van der Waals surface area contributed by atoms with Crippen LogP contribution in [0.25, 0.3) is 0 Å². The average Bonchev–Trinajstić information content (AvgIpc) is 2.87. The second-order valence-corrected chi connectivity index (χ2v) is 6.45. The first-order valence-corrected chi connectivity index (χ1v) is 6.92. The van der Waals surface area contributed by atoms with Gasteiger partial charge in [-0.05, 0) is 29.9 Å². The molecule has 0 radical (unpaired) electrons. The fourth-order valence-electron chi connectivity index (χ4n) is 2.68. The van der Waals surface area contributed by atoms with Gasteiger partial charge in [-0.2, -0.15) is 0 Å². The predicted molar refractivity (Wildman–Crippen MR) is 76.9 cm³/mol. The molecular weight excluding hydrogens is 254 g/mol. The van der Waals surface area contributed by atoms with E-state index in [1.54, 1.807) is 23.1 Å². The highest BCUT2D eigenvalue weighted by Crippen LogP contribution is 2.34. The summed E-state index contributed by atoms with van der Waals surface area (Å²) in [5.41, 5.74) is 0.535. The minimum absolute atomic E-state index is 0.0803. The molecule has 4 heteroatoms. The summed E-state index contributed by atoms with van der Waals surface area (Å²) in [5, 5.41) is 9.17. The second-order valence-electron chi connectivity index (χ2n) is 6.45. The van der Waals surface area contributed by atoms with Crippen molar-refractivity contribution in [2.45, 2.75) is 27.2 Å². The Balaban J connectivity index is 2.20. The van der Waals surface area contributed by atoms with Gasteiger partial charge < -0.3 is 10.0 Å².